The molecule has 0 spiro atoms. The average Bonchev–Trinajstić information content (AvgIpc) is 3.93. The molecule has 3 heteroatoms. The Morgan fingerprint density at radius 3 is 1.68 bits per heavy atom. The summed E-state index contributed by atoms with van der Waals surface area (Å²) < 4.78 is 8.73. The molecule has 0 saturated heterocycles. The maximum Gasteiger partial charge on any atom is 0.137 e. The predicted molar refractivity (Wildman–Crippen MR) is 209 cm³/mol. The molecule has 0 atom stereocenters. The van der Waals surface area contributed by atoms with E-state index in [-0.39, 0.29) is 0 Å². The molecule has 240 valence electrons. The monoisotopic (exact) mass is 644 g/mol. The minimum absolute atomic E-state index is 0.725. The van der Waals surface area contributed by atoms with Crippen LogP contribution in [0.25, 0.3) is 60.6 Å². The molecular weight excluding hydrogens is 609 g/mol. The molecular formula is C47H36N2O. The minimum Gasteiger partial charge on any atom is -0.456 e. The molecule has 2 aromatic heterocycles. The van der Waals surface area contributed by atoms with Crippen molar-refractivity contribution in [3.8, 4) is 16.8 Å². The number of anilines is 3. The number of benzene rings is 7. The number of aromatic nitrogens is 1. The normalized spacial score (nSPS) is 13.6. The molecule has 0 aliphatic heterocycles. The van der Waals surface area contributed by atoms with Crippen molar-refractivity contribution >= 4 is 60.8 Å². The van der Waals surface area contributed by atoms with Gasteiger partial charge in [-0.15, -0.1) is 0 Å². The fourth-order valence-electron chi connectivity index (χ4n) is 8.33. The lowest BCUT2D eigenvalue weighted by Gasteiger charge is -2.27. The van der Waals surface area contributed by atoms with Gasteiger partial charge in [-0.05, 0) is 102 Å². The SMILES string of the molecule is c1ccc2c(c1)oc1cccc(N(c3ccc(-c4ccc(C5CCCC5)cc4)cc3)c3ccc(-n4c5ccccc5c5ccccc54)cc3)c12. The Bertz CT molecular complexity index is 2580. The predicted octanol–water partition coefficient (Wildman–Crippen LogP) is 13.5. The Kier molecular flexibility index (Phi) is 6.83. The van der Waals surface area contributed by atoms with Crippen molar-refractivity contribution in [1.82, 2.24) is 4.57 Å². The zero-order chi connectivity index (χ0) is 33.0. The van der Waals surface area contributed by atoms with Crippen molar-refractivity contribution in [3.63, 3.8) is 0 Å². The van der Waals surface area contributed by atoms with Crippen LogP contribution in [0, 0.1) is 0 Å². The van der Waals surface area contributed by atoms with Crippen molar-refractivity contribution in [3.05, 3.63) is 169 Å². The molecule has 9 aromatic rings. The van der Waals surface area contributed by atoms with Gasteiger partial charge in [0.15, 0.2) is 0 Å². The van der Waals surface area contributed by atoms with Gasteiger partial charge in [0.05, 0.1) is 22.1 Å². The van der Waals surface area contributed by atoms with Gasteiger partial charge in [-0.1, -0.05) is 110 Å². The number of rotatable bonds is 6. The summed E-state index contributed by atoms with van der Waals surface area (Å²) in [6, 6.07) is 59.3. The van der Waals surface area contributed by atoms with Crippen molar-refractivity contribution in [1.29, 1.82) is 0 Å². The number of hydrogen-bond donors (Lipinski definition) is 0. The van der Waals surface area contributed by atoms with E-state index >= 15 is 0 Å². The second-order valence-corrected chi connectivity index (χ2v) is 13.6. The summed E-state index contributed by atoms with van der Waals surface area (Å²) in [5.41, 5.74) is 12.6. The van der Waals surface area contributed by atoms with Crippen LogP contribution in [0.3, 0.4) is 0 Å². The molecule has 7 aromatic carbocycles. The van der Waals surface area contributed by atoms with Crippen LogP contribution in [0.1, 0.15) is 37.2 Å². The zero-order valence-electron chi connectivity index (χ0n) is 27.8. The van der Waals surface area contributed by atoms with Crippen molar-refractivity contribution in [2.75, 3.05) is 4.90 Å². The molecule has 0 bridgehead atoms. The molecule has 10 rings (SSSR count). The summed E-state index contributed by atoms with van der Waals surface area (Å²) in [6.07, 6.45) is 5.36. The first-order chi connectivity index (χ1) is 24.8. The summed E-state index contributed by atoms with van der Waals surface area (Å²) in [4.78, 5) is 2.37. The van der Waals surface area contributed by atoms with E-state index < -0.39 is 0 Å². The summed E-state index contributed by atoms with van der Waals surface area (Å²) in [7, 11) is 0. The Balaban J connectivity index is 1.09. The van der Waals surface area contributed by atoms with Gasteiger partial charge in [0.25, 0.3) is 0 Å². The van der Waals surface area contributed by atoms with E-state index in [1.165, 1.54) is 64.2 Å². The smallest absolute Gasteiger partial charge is 0.137 e. The van der Waals surface area contributed by atoms with E-state index in [0.717, 1.165) is 50.6 Å². The topological polar surface area (TPSA) is 21.3 Å². The van der Waals surface area contributed by atoms with Crippen molar-refractivity contribution in [2.24, 2.45) is 0 Å². The number of nitrogens with zero attached hydrogens (tertiary/aromatic N) is 2. The standard InChI is InChI=1S/C47H36N2O/c1-2-11-32(10-1)33-20-22-34(23-21-33)35-24-26-36(27-25-35)48(44-17-9-19-46-47(44)41-14-5-8-18-45(41)50-46)37-28-30-38(31-29-37)49-42-15-6-3-12-39(42)40-13-4-7-16-43(40)49/h3-9,12-32H,1-2,10-11H2. The quantitative estimate of drug-likeness (QED) is 0.180. The fourth-order valence-corrected chi connectivity index (χ4v) is 8.33. The van der Waals surface area contributed by atoms with Gasteiger partial charge >= 0.3 is 0 Å². The number of furan rings is 1. The zero-order valence-corrected chi connectivity index (χ0v) is 27.8. The van der Waals surface area contributed by atoms with E-state index in [2.05, 4.69) is 167 Å². The molecule has 1 saturated carbocycles. The second-order valence-electron chi connectivity index (χ2n) is 13.6. The van der Waals surface area contributed by atoms with Gasteiger partial charge in [-0.3, -0.25) is 0 Å². The lowest BCUT2D eigenvalue weighted by atomic mass is 9.95. The molecule has 1 fully saturated rings. The highest BCUT2D eigenvalue weighted by Gasteiger charge is 2.21. The molecule has 1 aliphatic carbocycles. The summed E-state index contributed by atoms with van der Waals surface area (Å²) in [6.45, 7) is 0. The lowest BCUT2D eigenvalue weighted by Crippen LogP contribution is -2.10. The summed E-state index contributed by atoms with van der Waals surface area (Å²) in [5.74, 6) is 0.725. The third kappa shape index (κ3) is 4.73. The highest BCUT2D eigenvalue weighted by molar-refractivity contribution is 6.13. The van der Waals surface area contributed by atoms with Crippen LogP contribution in [-0.4, -0.2) is 4.57 Å². The number of para-hydroxylation sites is 3. The van der Waals surface area contributed by atoms with Crippen molar-refractivity contribution in [2.45, 2.75) is 31.6 Å². The highest BCUT2D eigenvalue weighted by atomic mass is 16.3. The Morgan fingerprint density at radius 2 is 1.02 bits per heavy atom. The van der Waals surface area contributed by atoms with Gasteiger partial charge < -0.3 is 13.9 Å². The number of fused-ring (bicyclic) bond motifs is 6. The van der Waals surface area contributed by atoms with E-state index in [1.54, 1.807) is 0 Å². The van der Waals surface area contributed by atoms with Crippen LogP contribution in [-0.2, 0) is 0 Å². The van der Waals surface area contributed by atoms with Crippen LogP contribution >= 0.6 is 0 Å². The lowest BCUT2D eigenvalue weighted by molar-refractivity contribution is 0.669. The van der Waals surface area contributed by atoms with Crippen molar-refractivity contribution < 1.29 is 4.42 Å². The molecule has 0 amide bonds. The largest absolute Gasteiger partial charge is 0.456 e. The van der Waals surface area contributed by atoms with Gasteiger partial charge in [0.2, 0.25) is 0 Å². The minimum atomic E-state index is 0.725. The third-order valence-electron chi connectivity index (χ3n) is 10.8. The van der Waals surface area contributed by atoms with Crippen LogP contribution in [0.15, 0.2) is 168 Å². The van der Waals surface area contributed by atoms with E-state index in [9.17, 15) is 0 Å². The Labute approximate surface area is 291 Å². The van der Waals surface area contributed by atoms with E-state index in [0.29, 0.717) is 0 Å². The maximum atomic E-state index is 6.36. The molecule has 0 radical (unpaired) electrons. The summed E-state index contributed by atoms with van der Waals surface area (Å²) in [5, 5.41) is 4.76. The van der Waals surface area contributed by atoms with E-state index in [1.807, 2.05) is 6.07 Å². The van der Waals surface area contributed by atoms with Gasteiger partial charge in [0.1, 0.15) is 11.2 Å². The molecule has 50 heavy (non-hydrogen) atoms. The average molecular weight is 645 g/mol. The summed E-state index contributed by atoms with van der Waals surface area (Å²) >= 11 is 0. The first-order valence-corrected chi connectivity index (χ1v) is 17.8. The van der Waals surface area contributed by atoms with Crippen LogP contribution in [0.5, 0.6) is 0 Å². The fraction of sp³-hybridized carbons (Fsp3) is 0.106. The first-order valence-electron chi connectivity index (χ1n) is 17.8. The molecule has 2 heterocycles. The number of hydrogen-bond acceptors (Lipinski definition) is 2. The van der Waals surface area contributed by atoms with Gasteiger partial charge in [-0.2, -0.15) is 0 Å². The Hall–Kier alpha value is -6.06. The Morgan fingerprint density at radius 1 is 0.480 bits per heavy atom. The van der Waals surface area contributed by atoms with Crippen LogP contribution in [0.2, 0.25) is 0 Å². The maximum absolute atomic E-state index is 6.36. The van der Waals surface area contributed by atoms with Gasteiger partial charge in [0, 0.05) is 33.2 Å². The van der Waals surface area contributed by atoms with Crippen LogP contribution < -0.4 is 4.90 Å². The molecule has 0 unspecified atom stereocenters. The molecule has 0 N–H and O–H groups in total. The van der Waals surface area contributed by atoms with E-state index in [4.69, 9.17) is 4.42 Å². The molecule has 1 aliphatic rings. The third-order valence-corrected chi connectivity index (χ3v) is 10.8. The van der Waals surface area contributed by atoms with Crippen LogP contribution in [0.4, 0.5) is 17.1 Å². The van der Waals surface area contributed by atoms with Gasteiger partial charge in [-0.25, -0.2) is 0 Å². The second kappa shape index (κ2) is 11.8. The molecule has 3 nitrogen and oxygen atoms in total. The highest BCUT2D eigenvalue weighted by Crippen LogP contribution is 2.44. The first kappa shape index (κ1) is 28.9.